The van der Waals surface area contributed by atoms with E-state index in [4.69, 9.17) is 27.6 Å². The van der Waals surface area contributed by atoms with Crippen molar-refractivity contribution < 1.29 is 23.6 Å². The molecular weight excluding hydrogens is 717 g/mol. The number of benzene rings is 8. The van der Waals surface area contributed by atoms with Crippen LogP contribution in [-0.2, 0) is 0 Å². The number of thiophene rings is 1. The fraction of sp³-hybridized carbons (Fsp3) is 0. The van der Waals surface area contributed by atoms with E-state index in [9.17, 15) is 11.0 Å². The predicted octanol–water partition coefficient (Wildman–Crippen LogP) is 13.9. The molecule has 0 amide bonds. The van der Waals surface area contributed by atoms with Crippen LogP contribution in [0.5, 0.6) is 0 Å². The predicted molar refractivity (Wildman–Crippen MR) is 236 cm³/mol. The number of hydrogen-bond acceptors (Lipinski definition) is 5. The van der Waals surface area contributed by atoms with E-state index in [2.05, 4.69) is 0 Å². The van der Waals surface area contributed by atoms with Gasteiger partial charge in [-0.2, -0.15) is 0 Å². The molecule has 0 fully saturated rings. The van der Waals surface area contributed by atoms with Crippen LogP contribution in [0.2, 0.25) is 0 Å². The minimum Gasteiger partial charge on any atom is -0.455 e. The van der Waals surface area contributed by atoms with Crippen molar-refractivity contribution in [2.45, 2.75) is 0 Å². The molecular formula is C51H30N4OS. The molecule has 266 valence electrons. The minimum absolute atomic E-state index is 0.155. The third kappa shape index (κ3) is 5.04. The lowest BCUT2D eigenvalue weighted by Crippen LogP contribution is -2.01. The highest BCUT2D eigenvalue weighted by molar-refractivity contribution is 7.26. The van der Waals surface area contributed by atoms with Gasteiger partial charge < -0.3 is 8.98 Å². The summed E-state index contributed by atoms with van der Waals surface area (Å²) in [5, 5.41) is 1.07. The van der Waals surface area contributed by atoms with Crippen LogP contribution in [0.15, 0.2) is 186 Å². The van der Waals surface area contributed by atoms with Crippen LogP contribution in [0.4, 0.5) is 0 Å². The summed E-state index contributed by atoms with van der Waals surface area (Å²) < 4.78 is 136. The van der Waals surface area contributed by atoms with E-state index in [0.29, 0.717) is 11.1 Å². The lowest BCUT2D eigenvalue weighted by atomic mass is 10.0. The van der Waals surface area contributed by atoms with Crippen molar-refractivity contribution in [3.05, 3.63) is 182 Å². The summed E-state index contributed by atoms with van der Waals surface area (Å²) in [6.07, 6.45) is 0. The lowest BCUT2D eigenvalue weighted by Gasteiger charge is -2.12. The summed E-state index contributed by atoms with van der Waals surface area (Å²) in [6.45, 7) is 0. The second-order valence-corrected chi connectivity index (χ2v) is 14.4. The van der Waals surface area contributed by atoms with Crippen molar-refractivity contribution in [2.75, 3.05) is 0 Å². The molecule has 0 saturated heterocycles. The van der Waals surface area contributed by atoms with Gasteiger partial charge in [-0.15, -0.1) is 11.3 Å². The number of aromatic nitrogens is 4. The zero-order valence-corrected chi connectivity index (χ0v) is 30.2. The average Bonchev–Trinajstić information content (AvgIpc) is 4.09. The molecule has 0 radical (unpaired) electrons. The molecule has 12 aromatic rings. The van der Waals surface area contributed by atoms with Gasteiger partial charge in [0.2, 0.25) is 0 Å². The molecule has 5 nitrogen and oxygen atoms in total. The van der Waals surface area contributed by atoms with Crippen molar-refractivity contribution in [1.29, 1.82) is 0 Å². The van der Waals surface area contributed by atoms with E-state index >= 15 is 0 Å². The first-order chi connectivity index (χ1) is 34.1. The summed E-state index contributed by atoms with van der Waals surface area (Å²) in [5.74, 6) is 0.104. The van der Waals surface area contributed by atoms with Crippen molar-refractivity contribution in [3.8, 4) is 51.0 Å². The van der Waals surface area contributed by atoms with Crippen molar-refractivity contribution in [3.63, 3.8) is 0 Å². The van der Waals surface area contributed by atoms with E-state index in [1.54, 1.807) is 0 Å². The summed E-state index contributed by atoms with van der Waals surface area (Å²) in [7, 11) is 0. The molecule has 57 heavy (non-hydrogen) atoms. The molecule has 4 aromatic heterocycles. The standard InChI is InChI=1S/C51H30N4OS/c1-2-13-31(14-3-1)32-15-10-16-33(29-32)49-52-50(54-51(53-49)41-23-12-22-39-37-20-6-9-26-45(37)57-48(39)41)34-17-11-18-35(30-34)55-42-24-7-4-21-40(42)46-43(55)28-27-38-36-19-5-8-25-44(36)56-47(38)46/h1-30H/i4D,5D,7D,8D,11D,17D,18D,19D,21D,24D,25D,27D,28D,30D. The molecule has 8 aromatic carbocycles. The van der Waals surface area contributed by atoms with Gasteiger partial charge in [0.05, 0.1) is 35.6 Å². The highest BCUT2D eigenvalue weighted by Gasteiger charge is 2.21. The van der Waals surface area contributed by atoms with Gasteiger partial charge in [-0.3, -0.25) is 0 Å². The molecule has 0 aliphatic carbocycles. The van der Waals surface area contributed by atoms with E-state index in [1.807, 2.05) is 97.1 Å². The van der Waals surface area contributed by atoms with Crippen molar-refractivity contribution >= 4 is 75.3 Å². The monoisotopic (exact) mass is 760 g/mol. The maximum atomic E-state index is 10.0. The summed E-state index contributed by atoms with van der Waals surface area (Å²) in [6, 6.07) is 21.9. The van der Waals surface area contributed by atoms with E-state index in [1.165, 1.54) is 11.3 Å². The van der Waals surface area contributed by atoms with Crippen molar-refractivity contribution in [2.24, 2.45) is 0 Å². The first kappa shape index (κ1) is 21.0. The molecule has 4 heterocycles. The maximum absolute atomic E-state index is 10.0. The SMILES string of the molecule is [2H]c1c([2H])c(-c2nc(-c3cccc(-c4ccccc4)c3)nc(-c3cccc4c3sc3ccccc34)n2)c([2H])c(-n2c3c([2H])c([2H])c([2H])c([2H])c3c3c4oc5c([2H])c([2H])c([2H])c([2H])c5c4c([2H])c([2H])c32)c1[2H]. The highest BCUT2D eigenvalue weighted by Crippen LogP contribution is 2.42. The lowest BCUT2D eigenvalue weighted by molar-refractivity contribution is 0.673. The van der Waals surface area contributed by atoms with E-state index in [0.717, 1.165) is 35.9 Å². The average molecular weight is 761 g/mol. The Bertz CT molecular complexity index is 4360. The molecule has 6 heteroatoms. The molecule has 0 saturated carbocycles. The van der Waals surface area contributed by atoms with Gasteiger partial charge in [-0.1, -0.05) is 127 Å². The van der Waals surface area contributed by atoms with Crippen LogP contribution in [0.3, 0.4) is 0 Å². The smallest absolute Gasteiger partial charge is 0.165 e. The zero-order valence-electron chi connectivity index (χ0n) is 43.3. The van der Waals surface area contributed by atoms with Crippen LogP contribution >= 0.6 is 11.3 Å². The fourth-order valence-electron chi connectivity index (χ4n) is 7.48. The largest absolute Gasteiger partial charge is 0.455 e. The molecule has 0 unspecified atom stereocenters. The van der Waals surface area contributed by atoms with Crippen LogP contribution in [-0.4, -0.2) is 19.5 Å². The third-order valence-electron chi connectivity index (χ3n) is 10.0. The van der Waals surface area contributed by atoms with Gasteiger partial charge in [0.15, 0.2) is 17.5 Å². The van der Waals surface area contributed by atoms with Crippen LogP contribution in [0.1, 0.15) is 19.2 Å². The Hall–Kier alpha value is -7.41. The normalized spacial score (nSPS) is 15.3. The molecule has 0 atom stereocenters. The van der Waals surface area contributed by atoms with Gasteiger partial charge >= 0.3 is 0 Å². The zero-order chi connectivity index (χ0) is 49.6. The second kappa shape index (κ2) is 12.6. The fourth-order valence-corrected chi connectivity index (χ4v) is 8.70. The van der Waals surface area contributed by atoms with Gasteiger partial charge in [-0.25, -0.2) is 15.0 Å². The van der Waals surface area contributed by atoms with Crippen LogP contribution in [0.25, 0.3) is 115 Å². The van der Waals surface area contributed by atoms with Gasteiger partial charge in [-0.05, 0) is 65.6 Å². The van der Waals surface area contributed by atoms with Gasteiger partial charge in [0.25, 0.3) is 0 Å². The molecule has 0 spiro atoms. The number of para-hydroxylation sites is 2. The molecule has 0 N–H and O–H groups in total. The number of hydrogen-bond donors (Lipinski definition) is 0. The topological polar surface area (TPSA) is 56.7 Å². The molecule has 0 bridgehead atoms. The summed E-state index contributed by atoms with van der Waals surface area (Å²) >= 11 is 1.54. The Morgan fingerprint density at radius 3 is 2.18 bits per heavy atom. The number of nitrogens with zero attached hydrogens (tertiary/aromatic N) is 4. The molecule has 0 aliphatic rings. The molecule has 12 rings (SSSR count). The van der Waals surface area contributed by atoms with Crippen LogP contribution < -0.4 is 0 Å². The first-order valence-electron chi connectivity index (χ1n) is 24.9. The Labute approximate surface area is 350 Å². The molecule has 0 aliphatic heterocycles. The maximum Gasteiger partial charge on any atom is 0.165 e. The number of furan rings is 1. The van der Waals surface area contributed by atoms with Crippen molar-refractivity contribution in [1.82, 2.24) is 19.5 Å². The van der Waals surface area contributed by atoms with Gasteiger partial charge in [0.1, 0.15) is 11.2 Å². The number of rotatable bonds is 5. The Balaban J connectivity index is 1.21. The second-order valence-electron chi connectivity index (χ2n) is 13.3. The Morgan fingerprint density at radius 2 is 1.25 bits per heavy atom. The Kier molecular flexibility index (Phi) is 4.64. The minimum atomic E-state index is -0.731. The van der Waals surface area contributed by atoms with Gasteiger partial charge in [0, 0.05) is 58.7 Å². The van der Waals surface area contributed by atoms with E-state index in [-0.39, 0.29) is 66.8 Å². The first-order valence-corrected chi connectivity index (χ1v) is 18.7. The number of fused-ring (bicyclic) bond motifs is 10. The summed E-state index contributed by atoms with van der Waals surface area (Å²) in [5.41, 5.74) is 0.761. The summed E-state index contributed by atoms with van der Waals surface area (Å²) in [4.78, 5) is 14.9. The highest BCUT2D eigenvalue weighted by atomic mass is 32.1. The Morgan fingerprint density at radius 1 is 0.509 bits per heavy atom. The van der Waals surface area contributed by atoms with Crippen LogP contribution in [0, 0.1) is 0 Å². The quantitative estimate of drug-likeness (QED) is 0.175. The third-order valence-corrected chi connectivity index (χ3v) is 11.3. The van der Waals surface area contributed by atoms with E-state index < -0.39 is 90.3 Å².